The number of aromatic nitrogens is 1. The molecule has 12 heteroatoms. The fourth-order valence-corrected chi connectivity index (χ4v) is 4.26. The highest BCUT2D eigenvalue weighted by atomic mass is 35.5. The molecule has 0 saturated heterocycles. The zero-order valence-electron chi connectivity index (χ0n) is 14.8. The number of halogens is 4. The second kappa shape index (κ2) is 7.80. The van der Waals surface area contributed by atoms with Crippen LogP contribution in [0.1, 0.15) is 37.9 Å². The highest BCUT2D eigenvalue weighted by molar-refractivity contribution is 7.82. The predicted octanol–water partition coefficient (Wildman–Crippen LogP) is 1.69. The van der Waals surface area contributed by atoms with Gasteiger partial charge in [0, 0.05) is 17.9 Å². The first-order chi connectivity index (χ1) is 12.4. The summed E-state index contributed by atoms with van der Waals surface area (Å²) >= 11 is 5.99. The number of aliphatic hydroxyl groups is 1. The van der Waals surface area contributed by atoms with Crippen molar-refractivity contribution in [3.05, 3.63) is 22.5 Å². The summed E-state index contributed by atoms with van der Waals surface area (Å²) in [4.78, 5) is 3.63. The normalized spacial score (nSPS) is 23.0. The van der Waals surface area contributed by atoms with E-state index in [1.165, 1.54) is 0 Å². The average molecular weight is 431 g/mol. The topological polar surface area (TPSA) is 115 Å². The van der Waals surface area contributed by atoms with Crippen LogP contribution in [0.15, 0.2) is 6.07 Å². The number of hydrogen-bond donors (Lipinski definition) is 3. The smallest absolute Gasteiger partial charge is 0.424 e. The Morgan fingerprint density at radius 1 is 1.52 bits per heavy atom. The fraction of sp³-hybridized carbons (Fsp3) is 0.667. The second-order valence-corrected chi connectivity index (χ2v) is 8.31. The van der Waals surface area contributed by atoms with Crippen molar-refractivity contribution in [1.29, 1.82) is 0 Å². The first kappa shape index (κ1) is 22.3. The Labute approximate surface area is 162 Å². The van der Waals surface area contributed by atoms with Crippen LogP contribution < -0.4 is 16.3 Å². The van der Waals surface area contributed by atoms with Gasteiger partial charge < -0.3 is 15.6 Å². The lowest BCUT2D eigenvalue weighted by Gasteiger charge is -2.33. The molecule has 0 amide bonds. The molecule has 0 radical (unpaired) electrons. The number of rotatable bonds is 7. The Bertz CT molecular complexity index is 739. The van der Waals surface area contributed by atoms with Crippen LogP contribution in [0.4, 0.5) is 13.2 Å². The van der Waals surface area contributed by atoms with Gasteiger partial charge in [-0.2, -0.15) is 13.2 Å². The fourth-order valence-electron chi connectivity index (χ4n) is 2.68. The SMILES string of the molecule is CCCCS(=O)N(N)C1(C)COc2c1cc(C(O)(CN)C(F)(F)F)nc2Cl. The maximum atomic E-state index is 13.4. The minimum absolute atomic E-state index is 0.0346. The van der Waals surface area contributed by atoms with Crippen molar-refractivity contribution < 1.29 is 27.2 Å². The third-order valence-electron chi connectivity index (χ3n) is 4.58. The molecule has 5 N–H and O–H groups in total. The van der Waals surface area contributed by atoms with Crippen molar-refractivity contribution in [1.82, 2.24) is 9.40 Å². The molecule has 3 atom stereocenters. The molecule has 1 aliphatic heterocycles. The molecule has 0 aliphatic carbocycles. The third-order valence-corrected chi connectivity index (χ3v) is 6.31. The Balaban J connectivity index is 2.54. The maximum absolute atomic E-state index is 13.4. The minimum Gasteiger partial charge on any atom is -0.488 e. The molecule has 0 spiro atoms. The Kier molecular flexibility index (Phi) is 6.45. The van der Waals surface area contributed by atoms with Gasteiger partial charge in [0.25, 0.3) is 0 Å². The van der Waals surface area contributed by atoms with Crippen LogP contribution in [-0.2, 0) is 22.1 Å². The van der Waals surface area contributed by atoms with Gasteiger partial charge in [0.05, 0.1) is 5.69 Å². The van der Waals surface area contributed by atoms with E-state index in [0.717, 1.165) is 16.9 Å². The number of ether oxygens (including phenoxy) is 1. The van der Waals surface area contributed by atoms with Crippen LogP contribution >= 0.6 is 11.6 Å². The van der Waals surface area contributed by atoms with E-state index in [9.17, 15) is 22.5 Å². The molecule has 3 unspecified atom stereocenters. The summed E-state index contributed by atoms with van der Waals surface area (Å²) in [6, 6.07) is 1.01. The highest BCUT2D eigenvalue weighted by Crippen LogP contribution is 2.47. The van der Waals surface area contributed by atoms with Crippen molar-refractivity contribution >= 4 is 22.6 Å². The van der Waals surface area contributed by atoms with Gasteiger partial charge in [-0.25, -0.2) is 9.19 Å². The summed E-state index contributed by atoms with van der Waals surface area (Å²) in [7, 11) is -1.60. The van der Waals surface area contributed by atoms with E-state index in [0.29, 0.717) is 12.2 Å². The second-order valence-electron chi connectivity index (χ2n) is 6.50. The van der Waals surface area contributed by atoms with E-state index < -0.39 is 40.5 Å². The molecule has 0 fully saturated rings. The standard InChI is InChI=1S/C15H22ClF3N4O3S/c1-3-4-5-27(25)23(21)13(2)8-26-11-9(13)6-10(22-12(11)16)14(24,7-20)15(17,18)19/h6,24H,3-5,7-8,20-21H2,1-2H3. The summed E-state index contributed by atoms with van der Waals surface area (Å²) in [6.07, 6.45) is -3.61. The largest absolute Gasteiger partial charge is 0.488 e. The predicted molar refractivity (Wildman–Crippen MR) is 95.0 cm³/mol. The molecule has 1 aromatic rings. The Morgan fingerprint density at radius 3 is 2.67 bits per heavy atom. The molecule has 0 saturated carbocycles. The van der Waals surface area contributed by atoms with Gasteiger partial charge in [0.1, 0.15) is 23.1 Å². The Hall–Kier alpha value is -0.980. The molecule has 7 nitrogen and oxygen atoms in total. The van der Waals surface area contributed by atoms with Crippen molar-refractivity contribution in [3.8, 4) is 5.75 Å². The number of hydrazine groups is 1. The van der Waals surface area contributed by atoms with E-state index in [-0.39, 0.29) is 23.1 Å². The van der Waals surface area contributed by atoms with E-state index in [1.807, 2.05) is 6.92 Å². The summed E-state index contributed by atoms with van der Waals surface area (Å²) in [5.41, 5.74) is -0.0546. The van der Waals surface area contributed by atoms with Gasteiger partial charge in [0.15, 0.2) is 10.9 Å². The van der Waals surface area contributed by atoms with Crippen molar-refractivity contribution in [2.45, 2.75) is 44.0 Å². The summed E-state index contributed by atoms with van der Waals surface area (Å²) < 4.78 is 59.0. The molecule has 0 bridgehead atoms. The van der Waals surface area contributed by atoms with Crippen molar-refractivity contribution in [2.24, 2.45) is 11.6 Å². The molecule has 1 aliphatic rings. The van der Waals surface area contributed by atoms with Crippen LogP contribution in [0.2, 0.25) is 5.15 Å². The van der Waals surface area contributed by atoms with Crippen LogP contribution in [0.3, 0.4) is 0 Å². The van der Waals surface area contributed by atoms with Gasteiger partial charge in [-0.3, -0.25) is 5.84 Å². The zero-order valence-corrected chi connectivity index (χ0v) is 16.4. The first-order valence-corrected chi connectivity index (χ1v) is 9.84. The third kappa shape index (κ3) is 3.81. The van der Waals surface area contributed by atoms with Crippen LogP contribution in [0.25, 0.3) is 0 Å². The molecule has 2 rings (SSSR count). The average Bonchev–Trinajstić information content (AvgIpc) is 2.95. The van der Waals surface area contributed by atoms with Gasteiger partial charge in [-0.05, 0) is 19.4 Å². The van der Waals surface area contributed by atoms with Gasteiger partial charge in [-0.1, -0.05) is 24.9 Å². The molecular formula is C15H22ClF3N4O3S. The van der Waals surface area contributed by atoms with Crippen LogP contribution in [-0.4, -0.2) is 43.8 Å². The molecule has 0 aromatic carbocycles. The molecule has 2 heterocycles. The number of unbranched alkanes of at least 4 members (excludes halogenated alkanes) is 1. The number of fused-ring (bicyclic) bond motifs is 1. The quantitative estimate of drug-likeness (QED) is 0.344. The maximum Gasteiger partial charge on any atom is 0.424 e. The van der Waals surface area contributed by atoms with Crippen LogP contribution in [0.5, 0.6) is 5.75 Å². The Morgan fingerprint density at radius 2 is 2.15 bits per heavy atom. The zero-order chi connectivity index (χ0) is 20.6. The summed E-state index contributed by atoms with van der Waals surface area (Å²) in [5, 5.41) is 9.74. The van der Waals surface area contributed by atoms with Gasteiger partial charge >= 0.3 is 6.18 Å². The van der Waals surface area contributed by atoms with Crippen molar-refractivity contribution in [2.75, 3.05) is 18.9 Å². The van der Waals surface area contributed by atoms with E-state index in [1.54, 1.807) is 6.92 Å². The van der Waals surface area contributed by atoms with E-state index in [2.05, 4.69) is 4.98 Å². The van der Waals surface area contributed by atoms with Crippen molar-refractivity contribution in [3.63, 3.8) is 0 Å². The lowest BCUT2D eigenvalue weighted by Crippen LogP contribution is -2.52. The highest BCUT2D eigenvalue weighted by Gasteiger charge is 2.56. The molecule has 154 valence electrons. The number of hydrogen-bond acceptors (Lipinski definition) is 6. The first-order valence-electron chi connectivity index (χ1n) is 8.19. The number of pyridine rings is 1. The monoisotopic (exact) mass is 430 g/mol. The van der Waals surface area contributed by atoms with E-state index >= 15 is 0 Å². The molecule has 27 heavy (non-hydrogen) atoms. The van der Waals surface area contributed by atoms with Gasteiger partial charge in [0.2, 0.25) is 5.60 Å². The summed E-state index contributed by atoms with van der Waals surface area (Å²) in [5.74, 6) is 6.35. The number of nitrogens with two attached hydrogens (primary N) is 2. The number of nitrogens with zero attached hydrogens (tertiary/aromatic N) is 2. The summed E-state index contributed by atoms with van der Waals surface area (Å²) in [6.45, 7) is 2.26. The molecular weight excluding hydrogens is 409 g/mol. The lowest BCUT2D eigenvalue weighted by atomic mass is 9.91. The minimum atomic E-state index is -5.07. The van der Waals surface area contributed by atoms with Crippen LogP contribution in [0, 0.1) is 0 Å². The number of alkyl halides is 3. The van der Waals surface area contributed by atoms with E-state index in [4.69, 9.17) is 27.9 Å². The van der Waals surface area contributed by atoms with Gasteiger partial charge in [-0.15, -0.1) is 4.41 Å². The molecule has 1 aromatic heterocycles. The lowest BCUT2D eigenvalue weighted by molar-refractivity contribution is -0.263.